The second-order valence-corrected chi connectivity index (χ2v) is 5.61. The van der Waals surface area contributed by atoms with Gasteiger partial charge in [-0.15, -0.1) is 0 Å². The summed E-state index contributed by atoms with van der Waals surface area (Å²) < 4.78 is 24.7. The second kappa shape index (κ2) is 4.90. The number of aromatic nitrogens is 1. The van der Waals surface area contributed by atoms with Crippen molar-refractivity contribution in [3.8, 4) is 0 Å². The Labute approximate surface area is 95.1 Å². The summed E-state index contributed by atoms with van der Waals surface area (Å²) in [4.78, 5) is 8.92. The zero-order valence-corrected chi connectivity index (χ0v) is 9.69. The Morgan fingerprint density at radius 2 is 2.12 bits per heavy atom. The minimum atomic E-state index is -3.27. The van der Waals surface area contributed by atoms with Gasteiger partial charge in [0.25, 0.3) is 0 Å². The molecule has 6 heteroatoms. The summed E-state index contributed by atoms with van der Waals surface area (Å²) in [7, 11) is -3.27. The summed E-state index contributed by atoms with van der Waals surface area (Å²) in [5.74, 6) is 0.0804. The van der Waals surface area contributed by atoms with Crippen molar-refractivity contribution in [3.63, 3.8) is 0 Å². The molecule has 2 heterocycles. The summed E-state index contributed by atoms with van der Waals surface area (Å²) in [6.07, 6.45) is 4.59. The van der Waals surface area contributed by atoms with E-state index in [1.807, 2.05) is 12.1 Å². The minimum Gasteiger partial charge on any atom is -0.284 e. The van der Waals surface area contributed by atoms with Gasteiger partial charge in [-0.25, -0.2) is 8.42 Å². The van der Waals surface area contributed by atoms with Crippen LogP contribution < -0.4 is 0 Å². The molecule has 0 N–H and O–H groups in total. The lowest BCUT2D eigenvalue weighted by molar-refractivity contribution is -0.0283. The highest BCUT2D eigenvalue weighted by molar-refractivity contribution is 7.88. The topological polar surface area (TPSA) is 59.5 Å². The summed E-state index contributed by atoms with van der Waals surface area (Å²) in [5, 5.41) is 0. The molecule has 0 atom stereocenters. The summed E-state index contributed by atoms with van der Waals surface area (Å²) in [5.41, 5.74) is 0.970. The fraction of sp³-hybridized carbons (Fsp3) is 0.500. The van der Waals surface area contributed by atoms with E-state index < -0.39 is 10.0 Å². The lowest BCUT2D eigenvalue weighted by atomic mass is 10.2. The third-order valence-electron chi connectivity index (χ3n) is 2.43. The largest absolute Gasteiger partial charge is 0.284 e. The first-order chi connectivity index (χ1) is 7.68. The van der Waals surface area contributed by atoms with Crippen LogP contribution in [0.1, 0.15) is 12.0 Å². The number of nitrogens with zero attached hydrogens (tertiary/aromatic N) is 2. The average Bonchev–Trinajstić information content (AvgIpc) is 2.82. The van der Waals surface area contributed by atoms with Gasteiger partial charge in [0.15, 0.2) is 0 Å². The Morgan fingerprint density at radius 3 is 2.75 bits per heavy atom. The Morgan fingerprint density at radius 1 is 1.38 bits per heavy atom. The summed E-state index contributed by atoms with van der Waals surface area (Å²) >= 11 is 0. The molecule has 1 aliphatic heterocycles. The molecule has 0 spiro atoms. The third kappa shape index (κ3) is 2.78. The monoisotopic (exact) mass is 242 g/mol. The van der Waals surface area contributed by atoms with Crippen LogP contribution in [0.2, 0.25) is 0 Å². The molecular weight excluding hydrogens is 228 g/mol. The Kier molecular flexibility index (Phi) is 3.52. The molecule has 0 saturated carbocycles. The van der Waals surface area contributed by atoms with Crippen LogP contribution in [-0.2, 0) is 21.3 Å². The van der Waals surface area contributed by atoms with Gasteiger partial charge in [0.1, 0.15) is 0 Å². The Bertz CT molecular complexity index is 427. The second-order valence-electron chi connectivity index (χ2n) is 3.63. The normalized spacial score (nSPS) is 17.8. The summed E-state index contributed by atoms with van der Waals surface area (Å²) in [6, 6.07) is 3.64. The van der Waals surface area contributed by atoms with Crippen LogP contribution in [0, 0.1) is 0 Å². The molecule has 0 amide bonds. The standard InChI is InChI=1S/C10H14N2O3S/c13-16(14,12-7-1-8-15-12)9-4-10-2-5-11-6-3-10/h2-3,5-6H,1,4,7-9H2. The third-order valence-corrected chi connectivity index (χ3v) is 4.06. The van der Waals surface area contributed by atoms with Crippen LogP contribution in [0.15, 0.2) is 24.5 Å². The minimum absolute atomic E-state index is 0.0804. The van der Waals surface area contributed by atoms with Gasteiger partial charge < -0.3 is 0 Å². The van der Waals surface area contributed by atoms with Crippen molar-refractivity contribution in [2.45, 2.75) is 12.8 Å². The number of sulfonamides is 1. The van der Waals surface area contributed by atoms with E-state index in [0.717, 1.165) is 16.5 Å². The smallest absolute Gasteiger partial charge is 0.236 e. The van der Waals surface area contributed by atoms with E-state index in [1.54, 1.807) is 12.4 Å². The van der Waals surface area contributed by atoms with Crippen LogP contribution in [0.3, 0.4) is 0 Å². The van der Waals surface area contributed by atoms with Gasteiger partial charge in [-0.3, -0.25) is 9.82 Å². The van der Waals surface area contributed by atoms with Gasteiger partial charge >= 0.3 is 0 Å². The van der Waals surface area contributed by atoms with E-state index in [9.17, 15) is 8.42 Å². The molecule has 0 unspecified atom stereocenters. The number of aryl methyl sites for hydroxylation is 1. The molecule has 2 rings (SSSR count). The predicted molar refractivity (Wildman–Crippen MR) is 59.0 cm³/mol. The lowest BCUT2D eigenvalue weighted by Gasteiger charge is -2.13. The van der Waals surface area contributed by atoms with Gasteiger partial charge in [-0.05, 0) is 30.5 Å². The van der Waals surface area contributed by atoms with E-state index in [-0.39, 0.29) is 5.75 Å². The maximum Gasteiger partial charge on any atom is 0.236 e. The zero-order valence-electron chi connectivity index (χ0n) is 8.87. The fourth-order valence-electron chi connectivity index (χ4n) is 1.54. The number of hydroxylamine groups is 1. The van der Waals surface area contributed by atoms with Crippen LogP contribution in [0.4, 0.5) is 0 Å². The molecule has 1 saturated heterocycles. The maximum atomic E-state index is 11.8. The highest BCUT2D eigenvalue weighted by Crippen LogP contribution is 2.12. The maximum absolute atomic E-state index is 11.8. The van der Waals surface area contributed by atoms with Crippen molar-refractivity contribution in [1.82, 2.24) is 9.45 Å². The molecule has 1 aromatic heterocycles. The number of hydrogen-bond acceptors (Lipinski definition) is 4. The van der Waals surface area contributed by atoms with Crippen molar-refractivity contribution < 1.29 is 13.3 Å². The first-order valence-electron chi connectivity index (χ1n) is 5.21. The van der Waals surface area contributed by atoms with Crippen molar-refractivity contribution in [2.75, 3.05) is 18.9 Å². The first-order valence-corrected chi connectivity index (χ1v) is 6.82. The molecule has 0 aliphatic carbocycles. The van der Waals surface area contributed by atoms with Crippen molar-refractivity contribution in [2.24, 2.45) is 0 Å². The van der Waals surface area contributed by atoms with E-state index in [0.29, 0.717) is 19.6 Å². The van der Waals surface area contributed by atoms with Crippen LogP contribution >= 0.6 is 0 Å². The highest BCUT2D eigenvalue weighted by Gasteiger charge is 2.26. The van der Waals surface area contributed by atoms with Crippen LogP contribution in [0.25, 0.3) is 0 Å². The molecule has 0 aromatic carbocycles. The van der Waals surface area contributed by atoms with Crippen molar-refractivity contribution >= 4 is 10.0 Å². The molecular formula is C10H14N2O3S. The Hall–Kier alpha value is -0.980. The zero-order chi connectivity index (χ0) is 11.4. The van der Waals surface area contributed by atoms with Gasteiger partial charge in [0, 0.05) is 18.9 Å². The lowest BCUT2D eigenvalue weighted by Crippen LogP contribution is -2.29. The summed E-state index contributed by atoms with van der Waals surface area (Å²) in [6.45, 7) is 0.965. The molecule has 0 bridgehead atoms. The highest BCUT2D eigenvalue weighted by atomic mass is 32.2. The molecule has 88 valence electrons. The quantitative estimate of drug-likeness (QED) is 0.775. The van der Waals surface area contributed by atoms with E-state index in [2.05, 4.69) is 4.98 Å². The SMILES string of the molecule is O=S(=O)(CCc1ccncc1)N1CCCO1. The molecule has 0 radical (unpaired) electrons. The molecule has 16 heavy (non-hydrogen) atoms. The van der Waals surface area contributed by atoms with Gasteiger partial charge in [-0.2, -0.15) is 0 Å². The van der Waals surface area contributed by atoms with E-state index >= 15 is 0 Å². The van der Waals surface area contributed by atoms with Crippen LogP contribution in [-0.4, -0.2) is 36.8 Å². The fourth-order valence-corrected chi connectivity index (χ4v) is 2.88. The number of pyridine rings is 1. The molecule has 5 nitrogen and oxygen atoms in total. The molecule has 1 aromatic rings. The molecule has 1 aliphatic rings. The van der Waals surface area contributed by atoms with Gasteiger partial charge in [-0.1, -0.05) is 4.47 Å². The van der Waals surface area contributed by atoms with E-state index in [4.69, 9.17) is 4.84 Å². The van der Waals surface area contributed by atoms with Crippen LogP contribution in [0.5, 0.6) is 0 Å². The van der Waals surface area contributed by atoms with Gasteiger partial charge in [0.2, 0.25) is 10.0 Å². The van der Waals surface area contributed by atoms with Crippen molar-refractivity contribution in [1.29, 1.82) is 0 Å². The Balaban J connectivity index is 1.94. The number of hydrogen-bond donors (Lipinski definition) is 0. The van der Waals surface area contributed by atoms with Crippen molar-refractivity contribution in [3.05, 3.63) is 30.1 Å². The molecule has 1 fully saturated rings. The number of rotatable bonds is 4. The predicted octanol–water partition coefficient (Wildman–Crippen LogP) is 0.591. The average molecular weight is 242 g/mol. The van der Waals surface area contributed by atoms with E-state index in [1.165, 1.54) is 0 Å². The van der Waals surface area contributed by atoms with Gasteiger partial charge in [0.05, 0.1) is 12.4 Å². The first kappa shape index (κ1) is 11.5.